The van der Waals surface area contributed by atoms with E-state index in [0.29, 0.717) is 37.0 Å². The maximum absolute atomic E-state index is 14.0. The minimum absolute atomic E-state index is 0.290. The Hall–Kier alpha value is -1.65. The molecule has 1 heterocycles. The van der Waals surface area contributed by atoms with Crippen molar-refractivity contribution >= 4 is 0 Å². The van der Waals surface area contributed by atoms with Gasteiger partial charge in [-0.1, -0.05) is 38.5 Å². The van der Waals surface area contributed by atoms with Gasteiger partial charge in [-0.05, 0) is 48.8 Å². The van der Waals surface area contributed by atoms with E-state index < -0.39 is 29.7 Å². The van der Waals surface area contributed by atoms with Crippen molar-refractivity contribution in [2.24, 2.45) is 17.8 Å². The Labute approximate surface area is 180 Å². The van der Waals surface area contributed by atoms with Gasteiger partial charge in [-0.15, -0.1) is 0 Å². The molecule has 31 heavy (non-hydrogen) atoms. The third kappa shape index (κ3) is 7.18. The van der Waals surface area contributed by atoms with Gasteiger partial charge in [0.25, 0.3) is 0 Å². The van der Waals surface area contributed by atoms with Crippen molar-refractivity contribution in [2.45, 2.75) is 70.8 Å². The monoisotopic (exact) mass is 444 g/mol. The summed E-state index contributed by atoms with van der Waals surface area (Å²) in [4.78, 5) is 0. The lowest BCUT2D eigenvalue weighted by Crippen LogP contribution is -2.37. The summed E-state index contributed by atoms with van der Waals surface area (Å²) in [6.45, 7) is 3.49. The van der Waals surface area contributed by atoms with E-state index in [1.165, 1.54) is 44.4 Å². The third-order valence-electron chi connectivity index (χ3n) is 6.35. The molecule has 172 valence electrons. The van der Waals surface area contributed by atoms with Gasteiger partial charge in [0.15, 0.2) is 6.29 Å². The molecular weight excluding hydrogens is 415 g/mol. The summed E-state index contributed by atoms with van der Waals surface area (Å²) in [5, 5.41) is 0. The van der Waals surface area contributed by atoms with Crippen molar-refractivity contribution in [3.05, 3.63) is 34.9 Å². The molecule has 3 rings (SSSR count). The van der Waals surface area contributed by atoms with E-state index in [9.17, 15) is 22.0 Å². The number of aryl methyl sites for hydroxylation is 1. The Bertz CT molecular complexity index is 756. The standard InChI is InChI=1S/C24H29F5O2/c1-2-3-16-4-7-18(8-5-16)19-14-30-23(31-15-19)9-6-17-12-21(25)20(22(26)13-17)10-11-24(27,28)29/h12-13,16,18-19,23H,2-9,14-15H2,1H3. The Kier molecular flexibility index (Phi) is 8.35. The second-order valence-corrected chi connectivity index (χ2v) is 8.65. The van der Waals surface area contributed by atoms with Crippen molar-refractivity contribution in [1.29, 1.82) is 0 Å². The Morgan fingerprint density at radius 3 is 2.10 bits per heavy atom. The van der Waals surface area contributed by atoms with Crippen LogP contribution in [0.15, 0.2) is 12.1 Å². The summed E-state index contributed by atoms with van der Waals surface area (Å²) in [5.41, 5.74) is -0.543. The first-order valence-electron chi connectivity index (χ1n) is 11.1. The fraction of sp³-hybridized carbons (Fsp3) is 0.667. The average molecular weight is 444 g/mol. The van der Waals surface area contributed by atoms with Crippen LogP contribution in [0.3, 0.4) is 0 Å². The normalized spacial score (nSPS) is 26.9. The molecule has 0 radical (unpaired) electrons. The molecule has 1 aliphatic heterocycles. The van der Waals surface area contributed by atoms with Crippen LogP contribution in [0.1, 0.15) is 63.0 Å². The largest absolute Gasteiger partial charge is 0.458 e. The average Bonchev–Trinajstić information content (AvgIpc) is 2.72. The highest BCUT2D eigenvalue weighted by atomic mass is 19.4. The number of hydrogen-bond donors (Lipinski definition) is 0. The van der Waals surface area contributed by atoms with E-state index in [-0.39, 0.29) is 6.42 Å². The van der Waals surface area contributed by atoms with Gasteiger partial charge in [-0.2, -0.15) is 13.2 Å². The van der Waals surface area contributed by atoms with Gasteiger partial charge in [-0.3, -0.25) is 0 Å². The number of rotatable bonds is 6. The van der Waals surface area contributed by atoms with E-state index in [4.69, 9.17) is 9.47 Å². The molecular formula is C24H29F5O2. The summed E-state index contributed by atoms with van der Waals surface area (Å²) in [6, 6.07) is 2.04. The van der Waals surface area contributed by atoms with Gasteiger partial charge >= 0.3 is 6.18 Å². The fourth-order valence-corrected chi connectivity index (χ4v) is 4.66. The van der Waals surface area contributed by atoms with E-state index >= 15 is 0 Å². The van der Waals surface area contributed by atoms with Crippen molar-refractivity contribution in [3.8, 4) is 11.8 Å². The van der Waals surface area contributed by atoms with E-state index in [1.807, 2.05) is 0 Å². The Balaban J connectivity index is 1.46. The van der Waals surface area contributed by atoms with Crippen LogP contribution in [0, 0.1) is 41.2 Å². The molecule has 0 amide bonds. The number of hydrogen-bond acceptors (Lipinski definition) is 2. The highest BCUT2D eigenvalue weighted by Crippen LogP contribution is 2.37. The van der Waals surface area contributed by atoms with Gasteiger partial charge in [-0.25, -0.2) is 8.78 Å². The minimum Gasteiger partial charge on any atom is -0.352 e. The lowest BCUT2D eigenvalue weighted by Gasteiger charge is -2.37. The van der Waals surface area contributed by atoms with Crippen LogP contribution in [0.25, 0.3) is 0 Å². The van der Waals surface area contributed by atoms with Crippen molar-refractivity contribution < 1.29 is 31.4 Å². The van der Waals surface area contributed by atoms with Crippen molar-refractivity contribution in [3.63, 3.8) is 0 Å². The zero-order valence-electron chi connectivity index (χ0n) is 17.7. The van der Waals surface area contributed by atoms with E-state index in [0.717, 1.165) is 24.0 Å². The van der Waals surface area contributed by atoms with Gasteiger partial charge in [0.05, 0.1) is 18.8 Å². The van der Waals surface area contributed by atoms with Crippen LogP contribution in [0.2, 0.25) is 0 Å². The molecule has 1 aromatic carbocycles. The number of halogens is 5. The predicted molar refractivity (Wildman–Crippen MR) is 107 cm³/mol. The molecule has 2 nitrogen and oxygen atoms in total. The molecule has 0 unspecified atom stereocenters. The number of benzene rings is 1. The smallest absolute Gasteiger partial charge is 0.352 e. The maximum Gasteiger partial charge on any atom is 0.458 e. The van der Waals surface area contributed by atoms with Crippen LogP contribution in [0.5, 0.6) is 0 Å². The second-order valence-electron chi connectivity index (χ2n) is 8.65. The van der Waals surface area contributed by atoms with Crippen LogP contribution in [-0.2, 0) is 15.9 Å². The summed E-state index contributed by atoms with van der Waals surface area (Å²) < 4.78 is 76.2. The van der Waals surface area contributed by atoms with Gasteiger partial charge < -0.3 is 9.47 Å². The molecule has 1 aromatic rings. The van der Waals surface area contributed by atoms with Crippen molar-refractivity contribution in [1.82, 2.24) is 0 Å². The molecule has 0 aromatic heterocycles. The van der Waals surface area contributed by atoms with Gasteiger partial charge in [0.2, 0.25) is 0 Å². The predicted octanol–water partition coefficient (Wildman–Crippen LogP) is 6.41. The molecule has 0 bridgehead atoms. The molecule has 2 fully saturated rings. The van der Waals surface area contributed by atoms with Gasteiger partial charge in [0.1, 0.15) is 11.6 Å². The first-order valence-corrected chi connectivity index (χ1v) is 11.1. The van der Waals surface area contributed by atoms with Crippen molar-refractivity contribution in [2.75, 3.05) is 13.2 Å². The molecule has 1 saturated carbocycles. The molecule has 1 aliphatic carbocycles. The zero-order chi connectivity index (χ0) is 22.4. The van der Waals surface area contributed by atoms with E-state index in [2.05, 4.69) is 6.92 Å². The third-order valence-corrected chi connectivity index (χ3v) is 6.35. The molecule has 0 spiro atoms. The first kappa shape index (κ1) is 24.0. The highest BCUT2D eigenvalue weighted by molar-refractivity contribution is 5.40. The number of alkyl halides is 3. The van der Waals surface area contributed by atoms with Gasteiger partial charge in [0, 0.05) is 18.3 Å². The summed E-state index contributed by atoms with van der Waals surface area (Å²) in [7, 11) is 0. The minimum atomic E-state index is -4.81. The molecule has 7 heteroatoms. The number of ether oxygens (including phenoxy) is 2. The lowest BCUT2D eigenvalue weighted by molar-refractivity contribution is -0.212. The van der Waals surface area contributed by atoms with E-state index in [1.54, 1.807) is 0 Å². The zero-order valence-corrected chi connectivity index (χ0v) is 17.7. The lowest BCUT2D eigenvalue weighted by atomic mass is 9.75. The highest BCUT2D eigenvalue weighted by Gasteiger charge is 2.31. The SMILES string of the molecule is CCCC1CCC(C2COC(CCc3cc(F)c(C#CC(F)(F)F)c(F)c3)OC2)CC1. The summed E-state index contributed by atoms with van der Waals surface area (Å²) in [5.74, 6) is 2.09. The topological polar surface area (TPSA) is 18.5 Å². The van der Waals surface area contributed by atoms with Crippen LogP contribution in [-0.4, -0.2) is 25.7 Å². The maximum atomic E-state index is 14.0. The molecule has 0 N–H and O–H groups in total. The quantitative estimate of drug-likeness (QED) is 0.373. The second kappa shape index (κ2) is 10.8. The first-order chi connectivity index (χ1) is 14.7. The summed E-state index contributed by atoms with van der Waals surface area (Å²) in [6.07, 6.45) is 3.00. The molecule has 0 atom stereocenters. The summed E-state index contributed by atoms with van der Waals surface area (Å²) >= 11 is 0. The molecule has 1 saturated heterocycles. The fourth-order valence-electron chi connectivity index (χ4n) is 4.66. The van der Waals surface area contributed by atoms with Crippen LogP contribution < -0.4 is 0 Å². The van der Waals surface area contributed by atoms with Crippen LogP contribution in [0.4, 0.5) is 22.0 Å². The Morgan fingerprint density at radius 1 is 0.935 bits per heavy atom. The van der Waals surface area contributed by atoms with Crippen LogP contribution >= 0.6 is 0 Å². The Morgan fingerprint density at radius 2 is 1.55 bits per heavy atom. The molecule has 2 aliphatic rings.